The summed E-state index contributed by atoms with van der Waals surface area (Å²) in [6.45, 7) is 8.00. The molecule has 1 saturated heterocycles. The first-order valence-electron chi connectivity index (χ1n) is 5.95. The van der Waals surface area contributed by atoms with Crippen molar-refractivity contribution in [2.75, 3.05) is 13.1 Å². The van der Waals surface area contributed by atoms with Gasteiger partial charge in [0, 0.05) is 18.4 Å². The van der Waals surface area contributed by atoms with Crippen LogP contribution in [-0.4, -0.2) is 22.6 Å². The van der Waals surface area contributed by atoms with Crippen molar-refractivity contribution in [1.29, 1.82) is 0 Å². The van der Waals surface area contributed by atoms with E-state index in [1.54, 1.807) is 0 Å². The van der Waals surface area contributed by atoms with Crippen LogP contribution < -0.4 is 5.32 Å². The predicted molar refractivity (Wildman–Crippen MR) is 61.7 cm³/mol. The van der Waals surface area contributed by atoms with E-state index >= 15 is 0 Å². The molecule has 1 aliphatic rings. The van der Waals surface area contributed by atoms with Gasteiger partial charge in [-0.1, -0.05) is 13.8 Å². The van der Waals surface area contributed by atoms with Crippen molar-refractivity contribution in [3.63, 3.8) is 0 Å². The lowest BCUT2D eigenvalue weighted by atomic mass is 10.1. The fraction of sp³-hybridized carbons (Fsp3) is 0.750. The Labute approximate surface area is 91.9 Å². The summed E-state index contributed by atoms with van der Waals surface area (Å²) in [4.78, 5) is 4.26. The molecule has 0 bridgehead atoms. The lowest BCUT2D eigenvalue weighted by Gasteiger charge is -2.13. The Balaban J connectivity index is 1.97. The normalized spacial score (nSPS) is 21.4. The minimum absolute atomic E-state index is 0.710. The number of hydrogen-bond acceptors (Lipinski definition) is 2. The summed E-state index contributed by atoms with van der Waals surface area (Å²) in [5, 5.41) is 3.41. The second kappa shape index (κ2) is 4.79. The lowest BCUT2D eigenvalue weighted by Crippen LogP contribution is -2.16. The average molecular weight is 207 g/mol. The van der Waals surface area contributed by atoms with Crippen LogP contribution in [0.3, 0.4) is 0 Å². The summed E-state index contributed by atoms with van der Waals surface area (Å²) in [5.41, 5.74) is 1.39. The van der Waals surface area contributed by atoms with Crippen LogP contribution in [0.4, 0.5) is 0 Å². The fourth-order valence-corrected chi connectivity index (χ4v) is 2.25. The molecule has 1 atom stereocenters. The van der Waals surface area contributed by atoms with E-state index in [4.69, 9.17) is 0 Å². The topological polar surface area (TPSA) is 29.9 Å². The van der Waals surface area contributed by atoms with Gasteiger partial charge in [0.25, 0.3) is 0 Å². The van der Waals surface area contributed by atoms with Gasteiger partial charge in [0.2, 0.25) is 0 Å². The maximum Gasteiger partial charge on any atom is 0.0948 e. The summed E-state index contributed by atoms with van der Waals surface area (Å²) >= 11 is 0. The Kier molecular flexibility index (Phi) is 3.41. The molecule has 1 aliphatic heterocycles. The molecule has 0 amide bonds. The molecule has 0 aliphatic carbocycles. The highest BCUT2D eigenvalue weighted by Gasteiger charge is 2.16. The zero-order chi connectivity index (χ0) is 10.7. The van der Waals surface area contributed by atoms with Crippen LogP contribution in [-0.2, 0) is 13.0 Å². The molecule has 0 saturated carbocycles. The maximum atomic E-state index is 4.26. The molecule has 1 aromatic rings. The second-order valence-electron chi connectivity index (χ2n) is 4.99. The Morgan fingerprint density at radius 1 is 1.60 bits per heavy atom. The average Bonchev–Trinajstić information content (AvgIpc) is 2.78. The SMILES string of the molecule is CC(C)Cc1cncn1CC1CCNC1. The van der Waals surface area contributed by atoms with Gasteiger partial charge in [-0.05, 0) is 37.8 Å². The van der Waals surface area contributed by atoms with E-state index in [9.17, 15) is 0 Å². The molecule has 1 unspecified atom stereocenters. The van der Waals surface area contributed by atoms with E-state index in [1.807, 2.05) is 12.5 Å². The molecule has 0 spiro atoms. The molecular formula is C12H21N3. The lowest BCUT2D eigenvalue weighted by molar-refractivity contribution is 0.463. The molecule has 3 nitrogen and oxygen atoms in total. The smallest absolute Gasteiger partial charge is 0.0948 e. The third-order valence-corrected chi connectivity index (χ3v) is 3.03. The van der Waals surface area contributed by atoms with Gasteiger partial charge in [-0.2, -0.15) is 0 Å². The molecule has 1 N–H and O–H groups in total. The van der Waals surface area contributed by atoms with E-state index in [1.165, 1.54) is 25.2 Å². The Morgan fingerprint density at radius 2 is 2.47 bits per heavy atom. The highest BCUT2D eigenvalue weighted by molar-refractivity contribution is 4.99. The largest absolute Gasteiger partial charge is 0.334 e. The van der Waals surface area contributed by atoms with Gasteiger partial charge < -0.3 is 9.88 Å². The van der Waals surface area contributed by atoms with Crippen molar-refractivity contribution >= 4 is 0 Å². The van der Waals surface area contributed by atoms with E-state index in [0.29, 0.717) is 5.92 Å². The Hall–Kier alpha value is -0.830. The monoisotopic (exact) mass is 207 g/mol. The minimum atomic E-state index is 0.710. The summed E-state index contributed by atoms with van der Waals surface area (Å²) in [6, 6.07) is 0. The second-order valence-corrected chi connectivity index (χ2v) is 4.99. The van der Waals surface area contributed by atoms with Crippen LogP contribution in [0.2, 0.25) is 0 Å². The molecule has 2 rings (SSSR count). The van der Waals surface area contributed by atoms with Gasteiger partial charge in [0.05, 0.1) is 6.33 Å². The van der Waals surface area contributed by atoms with Gasteiger partial charge in [-0.25, -0.2) is 4.98 Å². The third-order valence-electron chi connectivity index (χ3n) is 3.03. The minimum Gasteiger partial charge on any atom is -0.334 e. The third kappa shape index (κ3) is 2.81. The fourth-order valence-electron chi connectivity index (χ4n) is 2.25. The zero-order valence-electron chi connectivity index (χ0n) is 9.74. The molecule has 3 heteroatoms. The molecule has 84 valence electrons. The Bertz CT molecular complexity index is 298. The van der Waals surface area contributed by atoms with Crippen molar-refractivity contribution in [3.05, 3.63) is 18.2 Å². The van der Waals surface area contributed by atoms with Crippen molar-refractivity contribution in [2.24, 2.45) is 11.8 Å². The molecule has 2 heterocycles. The van der Waals surface area contributed by atoms with Gasteiger partial charge in [0.1, 0.15) is 0 Å². The molecule has 15 heavy (non-hydrogen) atoms. The Morgan fingerprint density at radius 3 is 3.13 bits per heavy atom. The molecule has 0 radical (unpaired) electrons. The van der Waals surface area contributed by atoms with Crippen LogP contribution in [0.25, 0.3) is 0 Å². The number of rotatable bonds is 4. The van der Waals surface area contributed by atoms with E-state index in [2.05, 4.69) is 28.7 Å². The molecule has 1 fully saturated rings. The van der Waals surface area contributed by atoms with Crippen LogP contribution in [0, 0.1) is 11.8 Å². The van der Waals surface area contributed by atoms with Crippen molar-refractivity contribution in [3.8, 4) is 0 Å². The first kappa shape index (κ1) is 10.7. The van der Waals surface area contributed by atoms with Gasteiger partial charge in [-0.15, -0.1) is 0 Å². The maximum absolute atomic E-state index is 4.26. The van der Waals surface area contributed by atoms with E-state index in [-0.39, 0.29) is 0 Å². The van der Waals surface area contributed by atoms with Crippen molar-refractivity contribution in [1.82, 2.24) is 14.9 Å². The molecule has 1 aromatic heterocycles. The summed E-state index contributed by atoms with van der Waals surface area (Å²) in [5.74, 6) is 1.51. The zero-order valence-corrected chi connectivity index (χ0v) is 9.74. The summed E-state index contributed by atoms with van der Waals surface area (Å²) in [7, 11) is 0. The predicted octanol–water partition coefficient (Wildman–Crippen LogP) is 1.69. The number of nitrogens with zero attached hydrogens (tertiary/aromatic N) is 2. The van der Waals surface area contributed by atoms with E-state index < -0.39 is 0 Å². The van der Waals surface area contributed by atoms with Crippen LogP contribution in [0.5, 0.6) is 0 Å². The van der Waals surface area contributed by atoms with Crippen molar-refractivity contribution < 1.29 is 0 Å². The number of nitrogens with one attached hydrogen (secondary N) is 1. The van der Waals surface area contributed by atoms with Gasteiger partial charge in [-0.3, -0.25) is 0 Å². The van der Waals surface area contributed by atoms with Gasteiger partial charge >= 0.3 is 0 Å². The van der Waals surface area contributed by atoms with Crippen LogP contribution in [0.1, 0.15) is 26.0 Å². The van der Waals surface area contributed by atoms with Crippen molar-refractivity contribution in [2.45, 2.75) is 33.2 Å². The van der Waals surface area contributed by atoms with Gasteiger partial charge in [0.15, 0.2) is 0 Å². The standard InChI is InChI=1S/C12H21N3/c1-10(2)5-12-7-14-9-15(12)8-11-3-4-13-6-11/h7,9-11,13H,3-6,8H2,1-2H3. The number of imidazole rings is 1. The number of hydrogen-bond donors (Lipinski definition) is 1. The molecule has 0 aromatic carbocycles. The summed E-state index contributed by atoms with van der Waals surface area (Å²) in [6.07, 6.45) is 6.44. The first-order valence-corrected chi connectivity index (χ1v) is 5.95. The van der Waals surface area contributed by atoms with Crippen LogP contribution in [0.15, 0.2) is 12.5 Å². The highest BCUT2D eigenvalue weighted by Crippen LogP contribution is 2.14. The molecular weight excluding hydrogens is 186 g/mol. The first-order chi connectivity index (χ1) is 7.25. The van der Waals surface area contributed by atoms with E-state index in [0.717, 1.165) is 18.9 Å². The highest BCUT2D eigenvalue weighted by atomic mass is 15.1. The summed E-state index contributed by atoms with van der Waals surface area (Å²) < 4.78 is 2.33. The number of aromatic nitrogens is 2. The van der Waals surface area contributed by atoms with Crippen LogP contribution >= 0.6 is 0 Å². The quantitative estimate of drug-likeness (QED) is 0.814.